The summed E-state index contributed by atoms with van der Waals surface area (Å²) in [5.74, 6) is 0.758. The number of aromatic nitrogens is 2. The van der Waals surface area contributed by atoms with Gasteiger partial charge in [-0.05, 0) is 18.7 Å². The van der Waals surface area contributed by atoms with Gasteiger partial charge in [-0.2, -0.15) is 0 Å². The molecule has 0 unspecified atom stereocenters. The van der Waals surface area contributed by atoms with Gasteiger partial charge in [0, 0.05) is 31.9 Å². The highest BCUT2D eigenvalue weighted by Crippen LogP contribution is 2.13. The van der Waals surface area contributed by atoms with E-state index in [1.54, 1.807) is 17.8 Å². The van der Waals surface area contributed by atoms with Gasteiger partial charge >= 0.3 is 0 Å². The summed E-state index contributed by atoms with van der Waals surface area (Å²) < 4.78 is 5.30. The molecule has 1 amide bonds. The molecule has 0 spiro atoms. The Labute approximate surface area is 129 Å². The second-order valence-corrected chi connectivity index (χ2v) is 6.05. The lowest BCUT2D eigenvalue weighted by Crippen LogP contribution is -2.41. The second-order valence-electron chi connectivity index (χ2n) is 4.82. The Bertz CT molecular complexity index is 478. The number of ether oxygens (including phenoxy) is 1. The Morgan fingerprint density at radius 3 is 2.90 bits per heavy atom. The maximum atomic E-state index is 12.1. The van der Waals surface area contributed by atoms with E-state index in [1.165, 1.54) is 0 Å². The van der Waals surface area contributed by atoms with Crippen molar-refractivity contribution in [3.05, 3.63) is 17.5 Å². The van der Waals surface area contributed by atoms with Crippen molar-refractivity contribution in [2.75, 3.05) is 45.1 Å². The van der Waals surface area contributed by atoms with Gasteiger partial charge in [-0.1, -0.05) is 18.7 Å². The SMILES string of the molecule is CCSc1nc(C)cc(C(=O)NCCN2CCOCC2)n1. The molecule has 0 saturated carbocycles. The van der Waals surface area contributed by atoms with Crippen molar-refractivity contribution < 1.29 is 9.53 Å². The van der Waals surface area contributed by atoms with Crippen LogP contribution >= 0.6 is 11.8 Å². The molecule has 116 valence electrons. The summed E-state index contributed by atoms with van der Waals surface area (Å²) in [7, 11) is 0. The van der Waals surface area contributed by atoms with Crippen LogP contribution in [0.2, 0.25) is 0 Å². The molecule has 2 heterocycles. The Kier molecular flexibility index (Phi) is 6.41. The molecule has 0 aromatic carbocycles. The van der Waals surface area contributed by atoms with Crippen molar-refractivity contribution in [1.29, 1.82) is 0 Å². The van der Waals surface area contributed by atoms with E-state index in [2.05, 4.69) is 20.2 Å². The first-order valence-electron chi connectivity index (χ1n) is 7.26. The van der Waals surface area contributed by atoms with Gasteiger partial charge in [-0.3, -0.25) is 9.69 Å². The van der Waals surface area contributed by atoms with E-state index in [4.69, 9.17) is 4.74 Å². The van der Waals surface area contributed by atoms with Crippen molar-refractivity contribution in [2.45, 2.75) is 19.0 Å². The van der Waals surface area contributed by atoms with E-state index < -0.39 is 0 Å². The molecule has 1 fully saturated rings. The lowest BCUT2D eigenvalue weighted by Gasteiger charge is -2.26. The van der Waals surface area contributed by atoms with Crippen LogP contribution in [-0.2, 0) is 4.74 Å². The molecule has 1 saturated heterocycles. The highest BCUT2D eigenvalue weighted by molar-refractivity contribution is 7.99. The first kappa shape index (κ1) is 16.2. The van der Waals surface area contributed by atoms with Crippen molar-refractivity contribution in [2.24, 2.45) is 0 Å². The van der Waals surface area contributed by atoms with E-state index in [-0.39, 0.29) is 5.91 Å². The molecular weight excluding hydrogens is 288 g/mol. The molecule has 2 rings (SSSR count). The molecule has 21 heavy (non-hydrogen) atoms. The van der Waals surface area contributed by atoms with Gasteiger partial charge in [-0.15, -0.1) is 0 Å². The summed E-state index contributed by atoms with van der Waals surface area (Å²) in [5.41, 5.74) is 1.26. The molecule has 1 aromatic rings. The number of morpholine rings is 1. The van der Waals surface area contributed by atoms with Crippen LogP contribution in [0.4, 0.5) is 0 Å². The number of nitrogens with one attached hydrogen (secondary N) is 1. The Morgan fingerprint density at radius 1 is 1.43 bits per heavy atom. The molecule has 7 heteroatoms. The monoisotopic (exact) mass is 310 g/mol. The number of hydrogen-bond donors (Lipinski definition) is 1. The number of thioether (sulfide) groups is 1. The molecule has 1 aliphatic rings. The van der Waals surface area contributed by atoms with Crippen molar-refractivity contribution in [3.63, 3.8) is 0 Å². The quantitative estimate of drug-likeness (QED) is 0.623. The Hall–Kier alpha value is -1.18. The molecule has 1 aromatic heterocycles. The van der Waals surface area contributed by atoms with Gasteiger partial charge < -0.3 is 10.1 Å². The van der Waals surface area contributed by atoms with Crippen LogP contribution in [0.1, 0.15) is 23.1 Å². The third-order valence-corrected chi connectivity index (χ3v) is 3.89. The molecule has 0 radical (unpaired) electrons. The number of carbonyl (C=O) groups is 1. The topological polar surface area (TPSA) is 67.4 Å². The summed E-state index contributed by atoms with van der Waals surface area (Å²) in [6.45, 7) is 8.80. The molecular formula is C14H22N4O2S. The van der Waals surface area contributed by atoms with Gasteiger partial charge in [0.1, 0.15) is 5.69 Å². The lowest BCUT2D eigenvalue weighted by molar-refractivity contribution is 0.0383. The number of nitrogens with zero attached hydrogens (tertiary/aromatic N) is 3. The third kappa shape index (κ3) is 5.26. The highest BCUT2D eigenvalue weighted by atomic mass is 32.2. The predicted octanol–water partition coefficient (Wildman–Crippen LogP) is 0.959. The molecule has 0 aliphatic carbocycles. The smallest absolute Gasteiger partial charge is 0.270 e. The van der Waals surface area contributed by atoms with Crippen LogP contribution < -0.4 is 5.32 Å². The molecule has 1 aliphatic heterocycles. The van der Waals surface area contributed by atoms with Crippen LogP contribution in [0.5, 0.6) is 0 Å². The summed E-state index contributed by atoms with van der Waals surface area (Å²) in [6, 6.07) is 1.73. The van der Waals surface area contributed by atoms with Gasteiger partial charge in [0.2, 0.25) is 0 Å². The summed E-state index contributed by atoms with van der Waals surface area (Å²) in [5, 5.41) is 3.58. The molecule has 0 bridgehead atoms. The standard InChI is InChI=1S/C14H22N4O2S/c1-3-21-14-16-11(2)10-12(17-14)13(19)15-4-5-18-6-8-20-9-7-18/h10H,3-9H2,1-2H3,(H,15,19). The highest BCUT2D eigenvalue weighted by Gasteiger charge is 2.13. The average Bonchev–Trinajstić information content (AvgIpc) is 2.48. The van der Waals surface area contributed by atoms with Crippen LogP contribution in [0, 0.1) is 6.92 Å². The first-order valence-corrected chi connectivity index (χ1v) is 8.24. The zero-order valence-electron chi connectivity index (χ0n) is 12.6. The minimum absolute atomic E-state index is 0.133. The third-order valence-electron chi connectivity index (χ3n) is 3.16. The van der Waals surface area contributed by atoms with E-state index in [0.29, 0.717) is 17.4 Å². The first-order chi connectivity index (χ1) is 10.2. The summed E-state index contributed by atoms with van der Waals surface area (Å²) >= 11 is 1.54. The van der Waals surface area contributed by atoms with Gasteiger partial charge in [0.15, 0.2) is 5.16 Å². The number of rotatable bonds is 6. The number of hydrogen-bond acceptors (Lipinski definition) is 6. The predicted molar refractivity (Wildman–Crippen MR) is 82.8 cm³/mol. The van der Waals surface area contributed by atoms with Crippen molar-refractivity contribution in [3.8, 4) is 0 Å². The Balaban J connectivity index is 1.84. The fraction of sp³-hybridized carbons (Fsp3) is 0.643. The van der Waals surface area contributed by atoms with Crippen molar-refractivity contribution in [1.82, 2.24) is 20.2 Å². The molecule has 1 N–H and O–H groups in total. The fourth-order valence-corrected chi connectivity index (χ4v) is 2.72. The van der Waals surface area contributed by atoms with E-state index in [9.17, 15) is 4.79 Å². The van der Waals surface area contributed by atoms with E-state index in [1.807, 2.05) is 13.8 Å². The number of aryl methyl sites for hydroxylation is 1. The maximum Gasteiger partial charge on any atom is 0.270 e. The Morgan fingerprint density at radius 2 is 2.19 bits per heavy atom. The van der Waals surface area contributed by atoms with Gasteiger partial charge in [0.25, 0.3) is 5.91 Å². The minimum atomic E-state index is -0.133. The van der Waals surface area contributed by atoms with Crippen molar-refractivity contribution >= 4 is 17.7 Å². The zero-order chi connectivity index (χ0) is 15.1. The van der Waals surface area contributed by atoms with E-state index >= 15 is 0 Å². The van der Waals surface area contributed by atoms with Crippen LogP contribution in [0.15, 0.2) is 11.2 Å². The molecule has 0 atom stereocenters. The lowest BCUT2D eigenvalue weighted by atomic mass is 10.3. The van der Waals surface area contributed by atoms with Crippen LogP contribution in [-0.4, -0.2) is 65.9 Å². The number of carbonyl (C=O) groups excluding carboxylic acids is 1. The average molecular weight is 310 g/mol. The summed E-state index contributed by atoms with van der Waals surface area (Å²) in [6.07, 6.45) is 0. The molecule has 6 nitrogen and oxygen atoms in total. The van der Waals surface area contributed by atoms with Crippen LogP contribution in [0.25, 0.3) is 0 Å². The number of amides is 1. The second kappa shape index (κ2) is 8.31. The fourth-order valence-electron chi connectivity index (χ4n) is 2.09. The maximum absolute atomic E-state index is 12.1. The normalized spacial score (nSPS) is 15.9. The van der Waals surface area contributed by atoms with Crippen LogP contribution in [0.3, 0.4) is 0 Å². The summed E-state index contributed by atoms with van der Waals surface area (Å²) in [4.78, 5) is 23.0. The van der Waals surface area contributed by atoms with E-state index in [0.717, 1.165) is 44.3 Å². The van der Waals surface area contributed by atoms with Gasteiger partial charge in [-0.25, -0.2) is 9.97 Å². The zero-order valence-corrected chi connectivity index (χ0v) is 13.4. The minimum Gasteiger partial charge on any atom is -0.379 e. The van der Waals surface area contributed by atoms with Gasteiger partial charge in [0.05, 0.1) is 13.2 Å². The largest absolute Gasteiger partial charge is 0.379 e.